The molecule has 132 valence electrons. The molecule has 4 atom stereocenters. The molecule has 1 saturated carbocycles. The van der Waals surface area contributed by atoms with Crippen molar-refractivity contribution in [1.82, 2.24) is 20.0 Å². The Bertz CT molecular complexity index is 724. The van der Waals surface area contributed by atoms with E-state index in [-0.39, 0.29) is 24.0 Å². The number of nitrogens with zero attached hydrogens (tertiary/aromatic N) is 2. The van der Waals surface area contributed by atoms with Crippen LogP contribution in [-0.2, 0) is 21.2 Å². The minimum atomic E-state index is -3.38. The first-order chi connectivity index (χ1) is 11.4. The lowest BCUT2D eigenvalue weighted by Gasteiger charge is -2.47. The van der Waals surface area contributed by atoms with E-state index >= 15 is 0 Å². The van der Waals surface area contributed by atoms with E-state index < -0.39 is 16.1 Å². The molecule has 1 aliphatic carbocycles. The highest BCUT2D eigenvalue weighted by molar-refractivity contribution is 7.88. The summed E-state index contributed by atoms with van der Waals surface area (Å²) < 4.78 is 31.3. The number of ether oxygens (including phenoxy) is 1. The predicted octanol–water partition coefficient (Wildman–Crippen LogP) is -0.136. The third-order valence-corrected chi connectivity index (χ3v) is 5.26. The second kappa shape index (κ2) is 6.73. The summed E-state index contributed by atoms with van der Waals surface area (Å²) in [4.78, 5) is 20.7. The third kappa shape index (κ3) is 3.42. The number of aromatic nitrogens is 2. The van der Waals surface area contributed by atoms with E-state index in [4.69, 9.17) is 4.74 Å². The topological polar surface area (TPSA) is 110 Å². The molecular weight excluding hydrogens is 332 g/mol. The van der Waals surface area contributed by atoms with Gasteiger partial charge in [0, 0.05) is 18.7 Å². The van der Waals surface area contributed by atoms with Gasteiger partial charge < -0.3 is 10.1 Å². The number of fused-ring (bicyclic) bond motifs is 1. The van der Waals surface area contributed by atoms with E-state index in [1.54, 1.807) is 0 Å². The second-order valence-electron chi connectivity index (χ2n) is 6.34. The van der Waals surface area contributed by atoms with Gasteiger partial charge in [-0.25, -0.2) is 23.1 Å². The van der Waals surface area contributed by atoms with Crippen LogP contribution >= 0.6 is 0 Å². The van der Waals surface area contributed by atoms with Crippen molar-refractivity contribution in [3.05, 3.63) is 23.8 Å². The molecule has 1 aromatic rings. The van der Waals surface area contributed by atoms with Crippen LogP contribution in [0.3, 0.4) is 0 Å². The first kappa shape index (κ1) is 17.2. The van der Waals surface area contributed by atoms with Gasteiger partial charge in [-0.3, -0.25) is 4.79 Å². The number of sulfonamides is 1. The van der Waals surface area contributed by atoms with Crippen molar-refractivity contribution in [2.45, 2.75) is 44.4 Å². The summed E-state index contributed by atoms with van der Waals surface area (Å²) in [6, 6.07) is -0.717. The standard InChI is InChI=1S/C15H22N4O4S/c1-3-4-11-10(7-16-8-17-11)15(20)18-12-9-5-6-23-14(9)13(12)19-24(2,21)22/h7-9,12-14,19H,3-6H2,1-2H3,(H,18,20)/t9-,12+,13-,14-/m0/s1. The lowest BCUT2D eigenvalue weighted by molar-refractivity contribution is -0.0194. The van der Waals surface area contributed by atoms with Crippen molar-refractivity contribution in [1.29, 1.82) is 0 Å². The Labute approximate surface area is 141 Å². The van der Waals surface area contributed by atoms with Gasteiger partial charge in [0.1, 0.15) is 6.33 Å². The molecule has 0 aromatic carbocycles. The zero-order valence-corrected chi connectivity index (χ0v) is 14.5. The smallest absolute Gasteiger partial charge is 0.254 e. The Balaban J connectivity index is 1.75. The number of rotatable bonds is 6. The zero-order chi connectivity index (χ0) is 17.3. The number of carbonyl (C=O) groups is 1. The molecule has 0 spiro atoms. The highest BCUT2D eigenvalue weighted by Gasteiger charge is 2.55. The molecule has 0 unspecified atom stereocenters. The Morgan fingerprint density at radius 3 is 2.92 bits per heavy atom. The van der Waals surface area contributed by atoms with Gasteiger partial charge in [0.25, 0.3) is 5.91 Å². The summed E-state index contributed by atoms with van der Waals surface area (Å²) in [5, 5.41) is 2.95. The highest BCUT2D eigenvalue weighted by atomic mass is 32.2. The normalized spacial score (nSPS) is 28.9. The van der Waals surface area contributed by atoms with Gasteiger partial charge in [0.15, 0.2) is 0 Å². The Kier molecular flexibility index (Phi) is 4.84. The largest absolute Gasteiger partial charge is 0.376 e. The molecule has 24 heavy (non-hydrogen) atoms. The van der Waals surface area contributed by atoms with Crippen LogP contribution < -0.4 is 10.0 Å². The Morgan fingerprint density at radius 2 is 2.21 bits per heavy atom. The Morgan fingerprint density at radius 1 is 1.42 bits per heavy atom. The molecule has 9 heteroatoms. The lowest BCUT2D eigenvalue weighted by atomic mass is 9.72. The molecular formula is C15H22N4O4S. The third-order valence-electron chi connectivity index (χ3n) is 4.56. The maximum Gasteiger partial charge on any atom is 0.254 e. The number of nitrogens with one attached hydrogen (secondary N) is 2. The molecule has 0 radical (unpaired) electrons. The zero-order valence-electron chi connectivity index (χ0n) is 13.7. The fourth-order valence-corrected chi connectivity index (χ4v) is 4.28. The summed E-state index contributed by atoms with van der Waals surface area (Å²) in [6.07, 6.45) is 6.25. The molecule has 8 nitrogen and oxygen atoms in total. The SMILES string of the molecule is CCCc1ncncc1C(=O)N[C@@H]1[C@@H]2CCO[C@@H]2[C@H]1NS(C)(=O)=O. The molecule has 0 bridgehead atoms. The van der Waals surface area contributed by atoms with Gasteiger partial charge >= 0.3 is 0 Å². The number of amides is 1. The van der Waals surface area contributed by atoms with Gasteiger partial charge in [0.2, 0.25) is 10.0 Å². The van der Waals surface area contributed by atoms with Crippen LogP contribution in [0.15, 0.2) is 12.5 Å². The maximum absolute atomic E-state index is 12.6. The summed E-state index contributed by atoms with van der Waals surface area (Å²) in [5.74, 6) is -0.137. The van der Waals surface area contributed by atoms with Crippen LogP contribution in [-0.4, -0.2) is 55.3 Å². The van der Waals surface area contributed by atoms with E-state index in [1.807, 2.05) is 6.92 Å². The van der Waals surface area contributed by atoms with E-state index in [1.165, 1.54) is 12.5 Å². The molecule has 2 N–H and O–H groups in total. The minimum absolute atomic E-state index is 0.132. The summed E-state index contributed by atoms with van der Waals surface area (Å²) in [7, 11) is -3.38. The van der Waals surface area contributed by atoms with Crippen molar-refractivity contribution < 1.29 is 17.9 Å². The van der Waals surface area contributed by atoms with Crippen LogP contribution in [0.2, 0.25) is 0 Å². The monoisotopic (exact) mass is 354 g/mol. The lowest BCUT2D eigenvalue weighted by Crippen LogP contribution is -2.70. The molecule has 2 aliphatic rings. The van der Waals surface area contributed by atoms with Crippen LogP contribution in [0.5, 0.6) is 0 Å². The first-order valence-electron chi connectivity index (χ1n) is 8.09. The van der Waals surface area contributed by atoms with Crippen LogP contribution in [0, 0.1) is 5.92 Å². The van der Waals surface area contributed by atoms with E-state index in [2.05, 4.69) is 20.0 Å². The summed E-state index contributed by atoms with van der Waals surface area (Å²) >= 11 is 0. The molecule has 1 aliphatic heterocycles. The molecule has 1 saturated heterocycles. The maximum atomic E-state index is 12.6. The van der Waals surface area contributed by atoms with Crippen molar-refractivity contribution in [2.75, 3.05) is 12.9 Å². The summed E-state index contributed by atoms with van der Waals surface area (Å²) in [6.45, 7) is 2.60. The number of hydrogen-bond donors (Lipinski definition) is 2. The van der Waals surface area contributed by atoms with Crippen molar-refractivity contribution in [2.24, 2.45) is 5.92 Å². The first-order valence-corrected chi connectivity index (χ1v) is 9.98. The molecule has 3 rings (SSSR count). The fourth-order valence-electron chi connectivity index (χ4n) is 3.50. The molecule has 2 heterocycles. The molecule has 1 aromatic heterocycles. The molecule has 1 amide bonds. The molecule has 2 fully saturated rings. The van der Waals surface area contributed by atoms with Crippen molar-refractivity contribution in [3.63, 3.8) is 0 Å². The average molecular weight is 354 g/mol. The van der Waals surface area contributed by atoms with Crippen molar-refractivity contribution in [3.8, 4) is 0 Å². The van der Waals surface area contributed by atoms with E-state index in [9.17, 15) is 13.2 Å². The fraction of sp³-hybridized carbons (Fsp3) is 0.667. The second-order valence-corrected chi connectivity index (χ2v) is 8.12. The summed E-state index contributed by atoms with van der Waals surface area (Å²) in [5.41, 5.74) is 1.15. The van der Waals surface area contributed by atoms with Gasteiger partial charge in [-0.1, -0.05) is 13.3 Å². The van der Waals surface area contributed by atoms with E-state index in [0.717, 1.165) is 19.1 Å². The van der Waals surface area contributed by atoms with Crippen LogP contribution in [0.1, 0.15) is 35.8 Å². The predicted molar refractivity (Wildman–Crippen MR) is 86.9 cm³/mol. The van der Waals surface area contributed by atoms with Crippen LogP contribution in [0.25, 0.3) is 0 Å². The number of aryl methyl sites for hydroxylation is 1. The van der Waals surface area contributed by atoms with Gasteiger partial charge in [-0.05, 0) is 12.8 Å². The van der Waals surface area contributed by atoms with Crippen molar-refractivity contribution >= 4 is 15.9 Å². The van der Waals surface area contributed by atoms with Gasteiger partial charge in [-0.2, -0.15) is 0 Å². The van der Waals surface area contributed by atoms with E-state index in [0.29, 0.717) is 24.3 Å². The number of carbonyl (C=O) groups excluding carboxylic acids is 1. The average Bonchev–Trinajstić information content (AvgIpc) is 2.95. The van der Waals surface area contributed by atoms with Gasteiger partial charge in [-0.15, -0.1) is 0 Å². The Hall–Kier alpha value is -1.58. The highest BCUT2D eigenvalue weighted by Crippen LogP contribution is 2.39. The number of hydrogen-bond acceptors (Lipinski definition) is 6. The van der Waals surface area contributed by atoms with Gasteiger partial charge in [0.05, 0.1) is 35.7 Å². The van der Waals surface area contributed by atoms with Crippen LogP contribution in [0.4, 0.5) is 0 Å². The minimum Gasteiger partial charge on any atom is -0.376 e. The quantitative estimate of drug-likeness (QED) is 0.736.